The van der Waals surface area contributed by atoms with E-state index in [0.717, 1.165) is 74.0 Å². The summed E-state index contributed by atoms with van der Waals surface area (Å²) in [6.45, 7) is 3.77. The topological polar surface area (TPSA) is 230 Å². The minimum atomic E-state index is -1.96. The summed E-state index contributed by atoms with van der Waals surface area (Å²) < 4.78 is 129. The molecule has 0 aliphatic carbocycles. The Labute approximate surface area is 526 Å². The Hall–Kier alpha value is -4.05. The van der Waals surface area contributed by atoms with Gasteiger partial charge in [0.05, 0.1) is 55.3 Å². The van der Waals surface area contributed by atoms with Crippen molar-refractivity contribution in [1.29, 1.82) is 0 Å². The van der Waals surface area contributed by atoms with E-state index in [0.29, 0.717) is 31.5 Å². The van der Waals surface area contributed by atoms with Crippen molar-refractivity contribution in [1.82, 2.24) is 74.2 Å². The van der Waals surface area contributed by atoms with Crippen molar-refractivity contribution >= 4 is 98.4 Å². The Kier molecular flexibility index (Phi) is 28.2. The molecule has 33 heteroatoms. The molecule has 434 valence electrons. The fraction of sp³-hybridized carbons (Fsp3) is 0.250. The average molecular weight is 1810 g/mol. The van der Waals surface area contributed by atoms with Crippen molar-refractivity contribution in [3.05, 3.63) is 216 Å². The zero-order valence-corrected chi connectivity index (χ0v) is 54.8. The molecule has 2 unspecified atom stereocenters. The second kappa shape index (κ2) is 32.9. The maximum absolute atomic E-state index is 14.4. The molecule has 0 aliphatic heterocycles. The molecule has 0 amide bonds. The Morgan fingerprint density at radius 3 is 0.877 bits per heavy atom. The van der Waals surface area contributed by atoms with Crippen LogP contribution in [0.2, 0.25) is 0 Å². The van der Waals surface area contributed by atoms with Gasteiger partial charge < -0.3 is 15.3 Å². The van der Waals surface area contributed by atoms with Gasteiger partial charge in [0.2, 0.25) is 0 Å². The average Bonchev–Trinajstić information content (AvgIpc) is 4.29. The van der Waals surface area contributed by atoms with E-state index in [1.165, 1.54) is 72.8 Å². The zero-order valence-electron chi connectivity index (χ0n) is 41.7. The Morgan fingerprint density at radius 2 is 0.679 bits per heavy atom. The third-order valence-corrected chi connectivity index (χ3v) is 12.3. The second-order valence-corrected chi connectivity index (χ2v) is 33.2. The Morgan fingerprint density at radius 1 is 0.432 bits per heavy atom. The first-order chi connectivity index (χ1) is 38.2. The van der Waals surface area contributed by atoms with Crippen LogP contribution in [-0.4, -0.2) is 89.5 Å². The number of rotatable bonds is 15. The molecule has 3 aromatic carbocycles. The van der Waals surface area contributed by atoms with Crippen molar-refractivity contribution in [3.63, 3.8) is 0 Å². The Balaban J connectivity index is 0.000000249. The van der Waals surface area contributed by atoms with Crippen LogP contribution >= 0.6 is 98.4 Å². The monoisotopic (exact) mass is 1810 g/mol. The molecular formula is C48H43F9I6N15O3-. The van der Waals surface area contributed by atoms with Crippen LogP contribution in [0.4, 0.5) is 39.5 Å². The number of hydrogen-bond acceptors (Lipinski definition) is 15. The SMILES string of the molecule is CC(c1ncncc1F)C(O)(Cn1cncn1)c1ccc(F)cc1F.C[C@@H](c1ncncc1F)[C@](O)(Cn1cncn1)c1ccc(F)cc1F.C[C@@H](c1ncncc1F)[C@](O)(Cn1cncn1)c1ccc(F)cc1F.I.II.I[I-]I. The van der Waals surface area contributed by atoms with Crippen LogP contribution in [0, 0.1) is 52.4 Å². The normalized spacial score (nSPS) is 14.2. The van der Waals surface area contributed by atoms with Gasteiger partial charge in [0, 0.05) is 89.9 Å². The van der Waals surface area contributed by atoms with Crippen LogP contribution in [-0.2, 0) is 36.4 Å². The summed E-state index contributed by atoms with van der Waals surface area (Å²) in [5, 5.41) is 45.6. The van der Waals surface area contributed by atoms with Crippen molar-refractivity contribution in [2.24, 2.45) is 0 Å². The van der Waals surface area contributed by atoms with E-state index < -0.39 is 86.9 Å². The number of aliphatic hydroxyl groups is 3. The first kappa shape index (κ1) is 69.4. The fourth-order valence-corrected chi connectivity index (χ4v) is 8.17. The molecule has 0 saturated heterocycles. The quantitative estimate of drug-likeness (QED) is 0.0660. The van der Waals surface area contributed by atoms with E-state index in [1.807, 2.05) is 0 Å². The van der Waals surface area contributed by atoms with Crippen molar-refractivity contribution in [3.8, 4) is 0 Å². The summed E-state index contributed by atoms with van der Waals surface area (Å²) in [4.78, 5) is 33.6. The first-order valence-electron chi connectivity index (χ1n) is 22.5. The van der Waals surface area contributed by atoms with Gasteiger partial charge in [-0.25, -0.2) is 98.4 Å². The number of aromatic nitrogens is 15. The van der Waals surface area contributed by atoms with E-state index in [2.05, 4.69) is 135 Å². The predicted octanol–water partition coefficient (Wildman–Crippen LogP) is 7.70. The summed E-state index contributed by atoms with van der Waals surface area (Å²) in [7, 11) is 0. The number of benzene rings is 3. The first-order valence-corrected chi connectivity index (χ1v) is 41.4. The van der Waals surface area contributed by atoms with Gasteiger partial charge in [0.15, 0.2) is 17.5 Å². The maximum atomic E-state index is 14.4. The van der Waals surface area contributed by atoms with E-state index in [1.54, 1.807) is 0 Å². The second-order valence-electron chi connectivity index (χ2n) is 16.9. The summed E-state index contributed by atoms with van der Waals surface area (Å²) in [5.74, 6) is -10.4. The molecule has 9 rings (SSSR count). The van der Waals surface area contributed by atoms with Gasteiger partial charge in [-0.1, -0.05) is 39.0 Å². The molecule has 9 aromatic rings. The van der Waals surface area contributed by atoms with Crippen LogP contribution in [0.5, 0.6) is 0 Å². The number of nitrogens with zero attached hydrogens (tertiary/aromatic N) is 15. The van der Waals surface area contributed by atoms with Gasteiger partial charge in [0.1, 0.15) is 109 Å². The summed E-state index contributed by atoms with van der Waals surface area (Å²) in [6.07, 6.45) is 14.0. The van der Waals surface area contributed by atoms with Crippen LogP contribution < -0.4 is 13.3 Å². The number of hydrogen-bond donors (Lipinski definition) is 3. The van der Waals surface area contributed by atoms with E-state index in [-0.39, 0.29) is 77.4 Å². The summed E-state index contributed by atoms with van der Waals surface area (Å²) in [6, 6.07) is 8.40. The molecule has 18 nitrogen and oxygen atoms in total. The predicted molar refractivity (Wildman–Crippen MR) is 314 cm³/mol. The van der Waals surface area contributed by atoms with E-state index in [9.17, 15) is 54.8 Å². The molecule has 0 bridgehead atoms. The molecule has 0 radical (unpaired) electrons. The fourth-order valence-electron chi connectivity index (χ4n) is 8.17. The van der Waals surface area contributed by atoms with E-state index >= 15 is 0 Å². The van der Waals surface area contributed by atoms with Crippen LogP contribution in [0.15, 0.2) is 130 Å². The molecule has 0 fully saturated rings. The molecule has 3 N–H and O–H groups in total. The molecule has 0 spiro atoms. The van der Waals surface area contributed by atoms with Gasteiger partial charge in [-0.05, 0) is 18.2 Å². The molecule has 6 aromatic heterocycles. The third kappa shape index (κ3) is 18.0. The zero-order chi connectivity index (χ0) is 58.8. The Bertz CT molecular complexity index is 3020. The van der Waals surface area contributed by atoms with Crippen molar-refractivity contribution < 1.29 is 68.1 Å². The van der Waals surface area contributed by atoms with Crippen LogP contribution in [0.1, 0.15) is 72.3 Å². The van der Waals surface area contributed by atoms with Gasteiger partial charge >= 0.3 is 50.5 Å². The molecule has 0 aliphatic rings. The van der Waals surface area contributed by atoms with E-state index in [4.69, 9.17) is 0 Å². The third-order valence-electron chi connectivity index (χ3n) is 12.3. The van der Waals surface area contributed by atoms with Crippen LogP contribution in [0.25, 0.3) is 0 Å². The van der Waals surface area contributed by atoms with Gasteiger partial charge in [-0.2, -0.15) is 15.3 Å². The van der Waals surface area contributed by atoms with Crippen molar-refractivity contribution in [2.45, 2.75) is 75.0 Å². The summed E-state index contributed by atoms with van der Waals surface area (Å²) >= 11 is 9.54. The van der Waals surface area contributed by atoms with Crippen molar-refractivity contribution in [2.75, 3.05) is 0 Å². The molecule has 6 atom stereocenters. The van der Waals surface area contributed by atoms with Gasteiger partial charge in [-0.3, -0.25) is 0 Å². The molecule has 0 saturated carbocycles. The molecule has 6 heterocycles. The van der Waals surface area contributed by atoms with Gasteiger partial charge in [-0.15, -0.1) is 24.0 Å². The summed E-state index contributed by atoms with van der Waals surface area (Å²) in [5.41, 5.74) is -6.76. The standard InChI is InChI=1S/3C16H14F3N5O.I3.I2.HI/c3*1-10(15-14(19)5-20-7-22-15)16(25,6-24-9-21-8-23-24)12-3-2-11(17)4-13(12)18;1-3-2;1-2;/h3*2-5,7-10,25H,6H2,1H3;;;1H/q;;;-1;;/t2*10-,16+;;;;/m00..../s1. The van der Waals surface area contributed by atoms with Gasteiger partial charge in [0.25, 0.3) is 0 Å². The minimum absolute atomic E-state index is 0. The molecular weight excluding hydrogens is 1770 g/mol. The number of halogens is 15. The van der Waals surface area contributed by atoms with Crippen LogP contribution in [0.3, 0.4) is 0 Å². The molecule has 81 heavy (non-hydrogen) atoms.